The lowest BCUT2D eigenvalue weighted by Gasteiger charge is -2.34. The van der Waals surface area contributed by atoms with E-state index in [1.165, 1.54) is 38.8 Å². The molecule has 1 aliphatic carbocycles. The fourth-order valence-corrected chi connectivity index (χ4v) is 9.80. The molecule has 59 heavy (non-hydrogen) atoms. The molecule has 3 nitrogen and oxygen atoms in total. The molecule has 0 N–H and O–H groups in total. The van der Waals surface area contributed by atoms with Gasteiger partial charge in [-0.15, -0.1) is 0 Å². The standard InChI is InChI=1S/C56H35N3/c1-3-16-41(17-4-1)56(42-18-5-2-6-19-42)50-22-9-7-20-44(50)48-34-49-47(35-51(48)56)45-21-8-10-23-52(45)59-53(49)40-14-11-13-39(33-40)36-24-26-37(27-25-36)43-30-32-58-55-46(43)29-28-38-15-12-31-57-54(38)55/h1-35H. The minimum absolute atomic E-state index is 0.480. The average Bonchev–Trinajstić information content (AvgIpc) is 3.61. The molecule has 3 aromatic heterocycles. The summed E-state index contributed by atoms with van der Waals surface area (Å²) in [5, 5.41) is 5.69. The third-order valence-electron chi connectivity index (χ3n) is 12.4. The van der Waals surface area contributed by atoms with Crippen LogP contribution in [0.3, 0.4) is 0 Å². The van der Waals surface area contributed by atoms with E-state index < -0.39 is 5.41 Å². The van der Waals surface area contributed by atoms with Crippen molar-refractivity contribution in [2.45, 2.75) is 5.41 Å². The molecular weight excluding hydrogens is 715 g/mol. The Morgan fingerprint density at radius 3 is 1.88 bits per heavy atom. The van der Waals surface area contributed by atoms with Gasteiger partial charge in [0.25, 0.3) is 0 Å². The summed E-state index contributed by atoms with van der Waals surface area (Å²) in [5.41, 5.74) is 16.6. The Balaban J connectivity index is 1.03. The van der Waals surface area contributed by atoms with Gasteiger partial charge in [-0.2, -0.15) is 0 Å². The molecule has 0 bridgehead atoms. The summed E-state index contributed by atoms with van der Waals surface area (Å²) in [6.07, 6.45) is 3.73. The Morgan fingerprint density at radius 2 is 1.05 bits per heavy atom. The molecule has 12 rings (SSSR count). The Morgan fingerprint density at radius 1 is 0.339 bits per heavy atom. The molecule has 0 saturated heterocycles. The molecule has 11 aromatic rings. The van der Waals surface area contributed by atoms with E-state index in [1.54, 1.807) is 0 Å². The van der Waals surface area contributed by atoms with E-state index in [4.69, 9.17) is 9.97 Å². The number of para-hydroxylation sites is 1. The molecule has 0 spiro atoms. The van der Waals surface area contributed by atoms with Crippen LogP contribution in [0.2, 0.25) is 0 Å². The average molecular weight is 750 g/mol. The van der Waals surface area contributed by atoms with E-state index in [2.05, 4.69) is 199 Å². The summed E-state index contributed by atoms with van der Waals surface area (Å²) >= 11 is 0. The van der Waals surface area contributed by atoms with E-state index in [1.807, 2.05) is 18.5 Å². The number of hydrogen-bond donors (Lipinski definition) is 0. The Kier molecular flexibility index (Phi) is 7.45. The quantitative estimate of drug-likeness (QED) is 0.165. The van der Waals surface area contributed by atoms with Crippen LogP contribution in [0.1, 0.15) is 22.3 Å². The van der Waals surface area contributed by atoms with Crippen molar-refractivity contribution in [3.05, 3.63) is 235 Å². The molecule has 1 aliphatic rings. The van der Waals surface area contributed by atoms with Crippen molar-refractivity contribution < 1.29 is 0 Å². The Labute approximate surface area is 342 Å². The lowest BCUT2D eigenvalue weighted by molar-refractivity contribution is 0.769. The van der Waals surface area contributed by atoms with Crippen molar-refractivity contribution in [3.63, 3.8) is 0 Å². The van der Waals surface area contributed by atoms with Gasteiger partial charge < -0.3 is 0 Å². The van der Waals surface area contributed by atoms with Gasteiger partial charge in [0.15, 0.2) is 0 Å². The van der Waals surface area contributed by atoms with E-state index in [-0.39, 0.29) is 0 Å². The number of fused-ring (bicyclic) bond motifs is 9. The van der Waals surface area contributed by atoms with Crippen molar-refractivity contribution >= 4 is 43.5 Å². The second kappa shape index (κ2) is 13.2. The maximum absolute atomic E-state index is 5.44. The first kappa shape index (κ1) is 33.4. The summed E-state index contributed by atoms with van der Waals surface area (Å²) < 4.78 is 0. The molecule has 0 saturated carbocycles. The van der Waals surface area contributed by atoms with Crippen molar-refractivity contribution in [1.82, 2.24) is 15.0 Å². The minimum Gasteiger partial charge on any atom is -0.254 e. The number of nitrogens with zero attached hydrogens (tertiary/aromatic N) is 3. The minimum atomic E-state index is -0.480. The van der Waals surface area contributed by atoms with Gasteiger partial charge in [0.2, 0.25) is 0 Å². The smallest absolute Gasteiger partial charge is 0.0970 e. The van der Waals surface area contributed by atoms with E-state index in [0.717, 1.165) is 71.6 Å². The highest BCUT2D eigenvalue weighted by Gasteiger charge is 2.46. The Hall–Kier alpha value is -7.75. The van der Waals surface area contributed by atoms with Gasteiger partial charge in [0.05, 0.1) is 27.7 Å². The van der Waals surface area contributed by atoms with Gasteiger partial charge in [0.1, 0.15) is 0 Å². The number of pyridine rings is 3. The number of hydrogen-bond acceptors (Lipinski definition) is 3. The van der Waals surface area contributed by atoms with E-state index in [0.29, 0.717) is 0 Å². The summed E-state index contributed by atoms with van der Waals surface area (Å²) in [4.78, 5) is 14.8. The van der Waals surface area contributed by atoms with E-state index in [9.17, 15) is 0 Å². The van der Waals surface area contributed by atoms with E-state index >= 15 is 0 Å². The van der Waals surface area contributed by atoms with Crippen LogP contribution in [0.5, 0.6) is 0 Å². The van der Waals surface area contributed by atoms with Crippen LogP contribution in [0.4, 0.5) is 0 Å². The SMILES string of the molecule is c1ccc(C2(c3ccccc3)c3ccccc3-c3cc4c(-c5cccc(-c6ccc(-c7ccnc8c7ccc7cccnc78)cc6)c5)nc5ccccc5c4cc32)cc1. The molecule has 3 heteroatoms. The highest BCUT2D eigenvalue weighted by atomic mass is 14.7. The second-order valence-electron chi connectivity index (χ2n) is 15.5. The molecule has 274 valence electrons. The van der Waals surface area contributed by atoms with Crippen molar-refractivity contribution in [2.75, 3.05) is 0 Å². The number of benzene rings is 8. The van der Waals surface area contributed by atoms with Crippen LogP contribution in [0, 0.1) is 0 Å². The third-order valence-corrected chi connectivity index (χ3v) is 12.4. The largest absolute Gasteiger partial charge is 0.254 e. The van der Waals surface area contributed by atoms with Crippen molar-refractivity contribution in [1.29, 1.82) is 0 Å². The molecule has 0 radical (unpaired) electrons. The van der Waals surface area contributed by atoms with Crippen LogP contribution in [0.25, 0.3) is 88.1 Å². The molecule has 0 fully saturated rings. The summed E-state index contributed by atoms with van der Waals surface area (Å²) in [7, 11) is 0. The first-order valence-electron chi connectivity index (χ1n) is 20.2. The molecule has 8 aromatic carbocycles. The molecule has 0 atom stereocenters. The number of aromatic nitrogens is 3. The monoisotopic (exact) mass is 749 g/mol. The van der Waals surface area contributed by atoms with Gasteiger partial charge in [-0.1, -0.05) is 164 Å². The van der Waals surface area contributed by atoms with Crippen molar-refractivity contribution in [2.24, 2.45) is 0 Å². The molecular formula is C56H35N3. The van der Waals surface area contributed by atoms with Gasteiger partial charge in [-0.05, 0) is 97.4 Å². The molecule has 0 aliphatic heterocycles. The maximum atomic E-state index is 5.44. The second-order valence-corrected chi connectivity index (χ2v) is 15.5. The molecule has 0 unspecified atom stereocenters. The van der Waals surface area contributed by atoms with Gasteiger partial charge in [-0.3, -0.25) is 9.97 Å². The zero-order valence-electron chi connectivity index (χ0n) is 32.0. The topological polar surface area (TPSA) is 38.7 Å². The van der Waals surface area contributed by atoms with Crippen LogP contribution < -0.4 is 0 Å². The van der Waals surface area contributed by atoms with Gasteiger partial charge >= 0.3 is 0 Å². The number of rotatable bonds is 5. The normalized spacial score (nSPS) is 12.9. The predicted molar refractivity (Wildman–Crippen MR) is 243 cm³/mol. The fourth-order valence-electron chi connectivity index (χ4n) is 9.80. The highest BCUT2D eigenvalue weighted by molar-refractivity contribution is 6.14. The lowest BCUT2D eigenvalue weighted by atomic mass is 9.67. The Bertz CT molecular complexity index is 3390. The van der Waals surface area contributed by atoms with Crippen LogP contribution in [-0.4, -0.2) is 15.0 Å². The lowest BCUT2D eigenvalue weighted by Crippen LogP contribution is -2.28. The van der Waals surface area contributed by atoms with Gasteiger partial charge in [0, 0.05) is 39.5 Å². The zero-order chi connectivity index (χ0) is 38.9. The van der Waals surface area contributed by atoms with Crippen LogP contribution in [-0.2, 0) is 5.41 Å². The maximum Gasteiger partial charge on any atom is 0.0970 e. The highest BCUT2D eigenvalue weighted by Crippen LogP contribution is 2.57. The van der Waals surface area contributed by atoms with Gasteiger partial charge in [-0.25, -0.2) is 4.98 Å². The summed E-state index contributed by atoms with van der Waals surface area (Å²) in [6, 6.07) is 72.7. The third kappa shape index (κ3) is 5.05. The summed E-state index contributed by atoms with van der Waals surface area (Å²) in [5.74, 6) is 0. The van der Waals surface area contributed by atoms with Crippen LogP contribution >= 0.6 is 0 Å². The summed E-state index contributed by atoms with van der Waals surface area (Å²) in [6.45, 7) is 0. The molecule has 3 heterocycles. The van der Waals surface area contributed by atoms with Crippen molar-refractivity contribution in [3.8, 4) is 44.6 Å². The molecule has 0 amide bonds. The first-order chi connectivity index (χ1) is 29.3. The fraction of sp³-hybridized carbons (Fsp3) is 0.0179. The predicted octanol–water partition coefficient (Wildman–Crippen LogP) is 13.8. The van der Waals surface area contributed by atoms with Crippen LogP contribution in [0.15, 0.2) is 213 Å². The zero-order valence-corrected chi connectivity index (χ0v) is 32.0. The first-order valence-corrected chi connectivity index (χ1v) is 20.2.